The monoisotopic (exact) mass is 210 g/mol. The molecule has 0 unspecified atom stereocenters. The third-order valence-corrected chi connectivity index (χ3v) is 2.00. The molecule has 0 amide bonds. The summed E-state index contributed by atoms with van der Waals surface area (Å²) in [5, 5.41) is 1.03. The van der Waals surface area contributed by atoms with Crippen LogP contribution in [-0.4, -0.2) is 5.33 Å². The van der Waals surface area contributed by atoms with Crippen LogP contribution in [0.15, 0.2) is 30.8 Å². The second-order valence-corrected chi connectivity index (χ2v) is 3.18. The fourth-order valence-corrected chi connectivity index (χ4v) is 1.39. The molecule has 0 aliphatic heterocycles. The van der Waals surface area contributed by atoms with E-state index >= 15 is 0 Å². The van der Waals surface area contributed by atoms with Gasteiger partial charge in [-0.3, -0.25) is 0 Å². The van der Waals surface area contributed by atoms with Crippen LogP contribution in [0.1, 0.15) is 11.1 Å². The number of rotatable bonds is 3. The zero-order valence-electron chi connectivity index (χ0n) is 6.39. The Morgan fingerprint density at radius 1 is 1.27 bits per heavy atom. The molecule has 0 fully saturated rings. The fourth-order valence-electron chi connectivity index (χ4n) is 0.929. The van der Waals surface area contributed by atoms with Crippen LogP contribution in [0.4, 0.5) is 0 Å². The van der Waals surface area contributed by atoms with Gasteiger partial charge in [-0.05, 0) is 17.5 Å². The summed E-state index contributed by atoms with van der Waals surface area (Å²) in [6, 6.07) is 8.45. The van der Waals surface area contributed by atoms with E-state index in [2.05, 4.69) is 46.8 Å². The Kier molecular flexibility index (Phi) is 3.37. The first-order valence-electron chi connectivity index (χ1n) is 3.64. The second kappa shape index (κ2) is 4.35. The Hall–Kier alpha value is -0.560. The number of alkyl halides is 1. The van der Waals surface area contributed by atoms with Gasteiger partial charge in [0, 0.05) is 5.33 Å². The molecule has 1 heteroatoms. The van der Waals surface area contributed by atoms with E-state index in [1.807, 2.05) is 6.08 Å². The summed E-state index contributed by atoms with van der Waals surface area (Å²) in [6.45, 7) is 3.70. The van der Waals surface area contributed by atoms with Crippen molar-refractivity contribution in [1.29, 1.82) is 0 Å². The van der Waals surface area contributed by atoms with Gasteiger partial charge in [-0.1, -0.05) is 52.9 Å². The lowest BCUT2D eigenvalue weighted by Gasteiger charge is -1.97. The van der Waals surface area contributed by atoms with E-state index in [1.165, 1.54) is 11.1 Å². The van der Waals surface area contributed by atoms with Crippen molar-refractivity contribution in [2.75, 3.05) is 5.33 Å². The van der Waals surface area contributed by atoms with Crippen molar-refractivity contribution in [1.82, 2.24) is 0 Å². The van der Waals surface area contributed by atoms with Crippen molar-refractivity contribution in [2.24, 2.45) is 0 Å². The average Bonchev–Trinajstić information content (AvgIpc) is 2.07. The normalized spacial score (nSPS) is 9.55. The maximum atomic E-state index is 3.70. The molecule has 0 spiro atoms. The van der Waals surface area contributed by atoms with E-state index in [0.29, 0.717) is 0 Å². The quantitative estimate of drug-likeness (QED) is 0.673. The highest BCUT2D eigenvalue weighted by Crippen LogP contribution is 2.06. The molecule has 11 heavy (non-hydrogen) atoms. The number of hydrogen-bond donors (Lipinski definition) is 0. The van der Waals surface area contributed by atoms with E-state index in [0.717, 1.165) is 11.8 Å². The maximum absolute atomic E-state index is 3.70. The van der Waals surface area contributed by atoms with Gasteiger partial charge >= 0.3 is 0 Å². The summed E-state index contributed by atoms with van der Waals surface area (Å²) in [4.78, 5) is 0. The molecule has 0 nitrogen and oxygen atoms in total. The summed E-state index contributed by atoms with van der Waals surface area (Å²) < 4.78 is 0. The maximum Gasteiger partial charge on any atom is 0.00718 e. The standard InChI is InChI=1S/C10H11Br/c1-2-9-3-5-10(6-4-9)7-8-11/h2-6H,1,7-8H2. The highest BCUT2D eigenvalue weighted by molar-refractivity contribution is 9.09. The zero-order chi connectivity index (χ0) is 8.10. The van der Waals surface area contributed by atoms with Gasteiger partial charge in [0.15, 0.2) is 0 Å². The minimum absolute atomic E-state index is 1.03. The van der Waals surface area contributed by atoms with Crippen molar-refractivity contribution in [3.05, 3.63) is 42.0 Å². The minimum Gasteiger partial charge on any atom is -0.0985 e. The largest absolute Gasteiger partial charge is 0.0985 e. The molecule has 1 aromatic rings. The fraction of sp³-hybridized carbons (Fsp3) is 0.200. The molecule has 0 atom stereocenters. The van der Waals surface area contributed by atoms with Crippen molar-refractivity contribution in [2.45, 2.75) is 6.42 Å². The van der Waals surface area contributed by atoms with Crippen molar-refractivity contribution in [3.63, 3.8) is 0 Å². The summed E-state index contributed by atoms with van der Waals surface area (Å²) in [7, 11) is 0. The van der Waals surface area contributed by atoms with Gasteiger partial charge in [0.1, 0.15) is 0 Å². The molecule has 1 aromatic carbocycles. The lowest BCUT2D eigenvalue weighted by atomic mass is 10.1. The third kappa shape index (κ3) is 2.51. The Bertz CT molecular complexity index is 223. The summed E-state index contributed by atoms with van der Waals surface area (Å²) >= 11 is 3.40. The molecule has 0 saturated carbocycles. The smallest absolute Gasteiger partial charge is 0.00718 e. The predicted molar refractivity (Wildman–Crippen MR) is 54.0 cm³/mol. The Balaban J connectivity index is 2.74. The third-order valence-electron chi connectivity index (χ3n) is 1.60. The lowest BCUT2D eigenvalue weighted by Crippen LogP contribution is -1.84. The van der Waals surface area contributed by atoms with E-state index in [4.69, 9.17) is 0 Å². The van der Waals surface area contributed by atoms with E-state index in [-0.39, 0.29) is 0 Å². The van der Waals surface area contributed by atoms with Crippen LogP contribution < -0.4 is 0 Å². The van der Waals surface area contributed by atoms with Crippen LogP contribution >= 0.6 is 15.9 Å². The number of halogens is 1. The molecule has 0 aliphatic carbocycles. The molecular formula is C10H11Br. The van der Waals surface area contributed by atoms with Gasteiger partial charge in [-0.25, -0.2) is 0 Å². The van der Waals surface area contributed by atoms with Gasteiger partial charge in [-0.15, -0.1) is 0 Å². The Morgan fingerprint density at radius 3 is 2.36 bits per heavy atom. The second-order valence-electron chi connectivity index (χ2n) is 2.38. The van der Waals surface area contributed by atoms with E-state index in [1.54, 1.807) is 0 Å². The summed E-state index contributed by atoms with van der Waals surface area (Å²) in [5.41, 5.74) is 2.55. The minimum atomic E-state index is 1.03. The molecule has 0 bridgehead atoms. The van der Waals surface area contributed by atoms with Crippen molar-refractivity contribution in [3.8, 4) is 0 Å². The van der Waals surface area contributed by atoms with Gasteiger partial charge in [0.2, 0.25) is 0 Å². The lowest BCUT2D eigenvalue weighted by molar-refractivity contribution is 1.17. The van der Waals surface area contributed by atoms with E-state index in [9.17, 15) is 0 Å². The first kappa shape index (κ1) is 8.54. The SMILES string of the molecule is C=Cc1ccc(CCBr)cc1. The van der Waals surface area contributed by atoms with Gasteiger partial charge in [0.05, 0.1) is 0 Å². The van der Waals surface area contributed by atoms with Gasteiger partial charge in [0.25, 0.3) is 0 Å². The number of benzene rings is 1. The highest BCUT2D eigenvalue weighted by atomic mass is 79.9. The highest BCUT2D eigenvalue weighted by Gasteiger charge is 1.89. The average molecular weight is 211 g/mol. The molecule has 1 rings (SSSR count). The number of hydrogen-bond acceptors (Lipinski definition) is 0. The Labute approximate surface area is 76.1 Å². The molecular weight excluding hydrogens is 200 g/mol. The predicted octanol–water partition coefficient (Wildman–Crippen LogP) is 3.27. The van der Waals surface area contributed by atoms with Crippen LogP contribution in [0.25, 0.3) is 6.08 Å². The molecule has 0 heterocycles. The molecule has 0 aromatic heterocycles. The first-order valence-corrected chi connectivity index (χ1v) is 4.76. The van der Waals surface area contributed by atoms with Crippen LogP contribution in [-0.2, 0) is 6.42 Å². The van der Waals surface area contributed by atoms with Crippen LogP contribution in [0.5, 0.6) is 0 Å². The molecule has 0 saturated heterocycles. The molecule has 0 radical (unpaired) electrons. The van der Waals surface area contributed by atoms with Gasteiger partial charge < -0.3 is 0 Å². The van der Waals surface area contributed by atoms with E-state index < -0.39 is 0 Å². The number of aryl methyl sites for hydroxylation is 1. The van der Waals surface area contributed by atoms with Crippen molar-refractivity contribution < 1.29 is 0 Å². The van der Waals surface area contributed by atoms with Crippen LogP contribution in [0, 0.1) is 0 Å². The Morgan fingerprint density at radius 2 is 1.91 bits per heavy atom. The zero-order valence-corrected chi connectivity index (χ0v) is 7.97. The van der Waals surface area contributed by atoms with Crippen LogP contribution in [0.2, 0.25) is 0 Å². The first-order chi connectivity index (χ1) is 5.36. The molecule has 58 valence electrons. The van der Waals surface area contributed by atoms with Crippen molar-refractivity contribution >= 4 is 22.0 Å². The summed E-state index contributed by atoms with van der Waals surface area (Å²) in [5.74, 6) is 0. The summed E-state index contributed by atoms with van der Waals surface area (Å²) in [6.07, 6.45) is 2.95. The molecule has 0 N–H and O–H groups in total. The topological polar surface area (TPSA) is 0 Å². The van der Waals surface area contributed by atoms with Gasteiger partial charge in [-0.2, -0.15) is 0 Å². The molecule has 0 aliphatic rings. The van der Waals surface area contributed by atoms with Crippen LogP contribution in [0.3, 0.4) is 0 Å².